The third-order valence-corrected chi connectivity index (χ3v) is 3.33. The van der Waals surface area contributed by atoms with Crippen LogP contribution in [0.25, 0.3) is 0 Å². The van der Waals surface area contributed by atoms with Crippen LogP contribution in [0.15, 0.2) is 10.8 Å². The number of hydrogen-bond donors (Lipinski definition) is 2. The van der Waals surface area contributed by atoms with Gasteiger partial charge in [-0.1, -0.05) is 0 Å². The van der Waals surface area contributed by atoms with E-state index in [0.717, 1.165) is 0 Å². The van der Waals surface area contributed by atoms with E-state index in [0.29, 0.717) is 29.2 Å². The highest BCUT2D eigenvalue weighted by atomic mass is 79.9. The molecule has 1 fully saturated rings. The number of nitrogens with two attached hydrogens (primary N) is 1. The minimum atomic E-state index is -0.251. The number of piperazine rings is 1. The number of halogens is 1. The van der Waals surface area contributed by atoms with E-state index in [9.17, 15) is 4.79 Å². The average molecular weight is 286 g/mol. The Morgan fingerprint density at radius 3 is 3.12 bits per heavy atom. The van der Waals surface area contributed by atoms with Crippen LogP contribution >= 0.6 is 15.9 Å². The number of carbonyl (C=O) groups excluding carboxylic acids is 1. The largest absolute Gasteiger partial charge is 0.383 e. The summed E-state index contributed by atoms with van der Waals surface area (Å²) < 4.78 is 0.636. The SMILES string of the molecule is CC1C(=O)NCCN1c1ncnc(N)c1Br. The quantitative estimate of drug-likeness (QED) is 0.767. The Bertz CT molecular complexity index is 424. The number of carbonyl (C=O) groups is 1. The van der Waals surface area contributed by atoms with Gasteiger partial charge in [0.25, 0.3) is 0 Å². The van der Waals surface area contributed by atoms with Crippen LogP contribution in [0.5, 0.6) is 0 Å². The Morgan fingerprint density at radius 1 is 1.62 bits per heavy atom. The first-order valence-corrected chi connectivity index (χ1v) is 5.71. The summed E-state index contributed by atoms with van der Waals surface area (Å²) in [7, 11) is 0. The smallest absolute Gasteiger partial charge is 0.242 e. The van der Waals surface area contributed by atoms with E-state index in [1.165, 1.54) is 6.33 Å². The molecule has 0 spiro atoms. The Kier molecular flexibility index (Phi) is 2.95. The molecule has 16 heavy (non-hydrogen) atoms. The van der Waals surface area contributed by atoms with Gasteiger partial charge in [0.1, 0.15) is 28.5 Å². The number of amides is 1. The maximum absolute atomic E-state index is 11.5. The summed E-state index contributed by atoms with van der Waals surface area (Å²) in [6.45, 7) is 3.15. The topological polar surface area (TPSA) is 84.1 Å². The van der Waals surface area contributed by atoms with E-state index < -0.39 is 0 Å². The van der Waals surface area contributed by atoms with Crippen molar-refractivity contribution in [2.75, 3.05) is 23.7 Å². The molecule has 0 saturated carbocycles. The predicted molar refractivity (Wildman–Crippen MR) is 64.0 cm³/mol. The van der Waals surface area contributed by atoms with Gasteiger partial charge in [0, 0.05) is 13.1 Å². The molecule has 0 radical (unpaired) electrons. The second kappa shape index (κ2) is 4.25. The van der Waals surface area contributed by atoms with E-state index in [1.54, 1.807) is 0 Å². The Hall–Kier alpha value is -1.37. The van der Waals surface area contributed by atoms with Gasteiger partial charge >= 0.3 is 0 Å². The molecule has 3 N–H and O–H groups in total. The zero-order valence-corrected chi connectivity index (χ0v) is 10.4. The van der Waals surface area contributed by atoms with Crippen LogP contribution in [0, 0.1) is 0 Å². The van der Waals surface area contributed by atoms with Crippen molar-refractivity contribution in [2.24, 2.45) is 0 Å². The third kappa shape index (κ3) is 1.82. The summed E-state index contributed by atoms with van der Waals surface area (Å²) in [6, 6.07) is -0.251. The van der Waals surface area contributed by atoms with Crippen LogP contribution < -0.4 is 16.0 Å². The van der Waals surface area contributed by atoms with Crippen LogP contribution in [0.3, 0.4) is 0 Å². The first-order chi connectivity index (χ1) is 7.61. The summed E-state index contributed by atoms with van der Waals surface area (Å²) in [5.74, 6) is 1.04. The van der Waals surface area contributed by atoms with Crippen molar-refractivity contribution >= 4 is 33.5 Å². The second-order valence-electron chi connectivity index (χ2n) is 3.56. The fraction of sp³-hybridized carbons (Fsp3) is 0.444. The minimum absolute atomic E-state index is 0.00432. The lowest BCUT2D eigenvalue weighted by molar-refractivity contribution is -0.122. The number of nitrogen functional groups attached to an aromatic ring is 1. The molecule has 1 aliphatic heterocycles. The number of hydrogen-bond acceptors (Lipinski definition) is 5. The van der Waals surface area contributed by atoms with Gasteiger partial charge in [0.2, 0.25) is 5.91 Å². The number of anilines is 2. The van der Waals surface area contributed by atoms with E-state index in [-0.39, 0.29) is 11.9 Å². The van der Waals surface area contributed by atoms with Crippen molar-refractivity contribution in [3.63, 3.8) is 0 Å². The molecule has 1 unspecified atom stereocenters. The molecule has 1 atom stereocenters. The predicted octanol–water partition coefficient (Wildman–Crippen LogP) is 0.146. The molecule has 86 valence electrons. The van der Waals surface area contributed by atoms with E-state index in [4.69, 9.17) is 5.73 Å². The van der Waals surface area contributed by atoms with Gasteiger partial charge in [-0.25, -0.2) is 9.97 Å². The van der Waals surface area contributed by atoms with Crippen molar-refractivity contribution in [1.82, 2.24) is 15.3 Å². The fourth-order valence-electron chi connectivity index (χ4n) is 1.65. The van der Waals surface area contributed by atoms with Crippen LogP contribution in [0.4, 0.5) is 11.6 Å². The molecule has 0 bridgehead atoms. The van der Waals surface area contributed by atoms with Crippen LogP contribution in [0.1, 0.15) is 6.92 Å². The van der Waals surface area contributed by atoms with Gasteiger partial charge in [-0.2, -0.15) is 0 Å². The number of rotatable bonds is 1. The van der Waals surface area contributed by atoms with Gasteiger partial charge in [-0.05, 0) is 22.9 Å². The molecule has 0 aliphatic carbocycles. The van der Waals surface area contributed by atoms with Crippen molar-refractivity contribution < 1.29 is 4.79 Å². The molecule has 1 aromatic rings. The summed E-state index contributed by atoms with van der Waals surface area (Å²) in [6.07, 6.45) is 1.40. The van der Waals surface area contributed by atoms with Gasteiger partial charge in [-0.3, -0.25) is 4.79 Å². The Morgan fingerprint density at radius 2 is 2.38 bits per heavy atom. The van der Waals surface area contributed by atoms with Crippen molar-refractivity contribution in [1.29, 1.82) is 0 Å². The fourth-order valence-corrected chi connectivity index (χ4v) is 2.08. The second-order valence-corrected chi connectivity index (χ2v) is 4.35. The number of nitrogens with zero attached hydrogens (tertiary/aromatic N) is 3. The summed E-state index contributed by atoms with van der Waals surface area (Å²) in [5.41, 5.74) is 5.68. The molecule has 2 heterocycles. The highest BCUT2D eigenvalue weighted by Gasteiger charge is 2.28. The standard InChI is InChI=1S/C9H12BrN5O/c1-5-9(16)12-2-3-15(5)8-6(10)7(11)13-4-14-8/h4-5H,2-3H2,1H3,(H,12,16)(H2,11,13,14). The lowest BCUT2D eigenvalue weighted by Crippen LogP contribution is -2.54. The molecule has 7 heteroatoms. The highest BCUT2D eigenvalue weighted by molar-refractivity contribution is 9.10. The molecular formula is C9H12BrN5O. The number of nitrogens with one attached hydrogen (secondary N) is 1. The van der Waals surface area contributed by atoms with Gasteiger partial charge in [0.15, 0.2) is 0 Å². The van der Waals surface area contributed by atoms with Gasteiger partial charge < -0.3 is 16.0 Å². The highest BCUT2D eigenvalue weighted by Crippen LogP contribution is 2.29. The van der Waals surface area contributed by atoms with Crippen LogP contribution in [-0.4, -0.2) is 35.0 Å². The first kappa shape index (κ1) is 11.1. The summed E-state index contributed by atoms with van der Waals surface area (Å²) >= 11 is 3.34. The van der Waals surface area contributed by atoms with Gasteiger partial charge in [0.05, 0.1) is 0 Å². The molecule has 2 rings (SSSR count). The molecule has 1 aliphatic rings. The minimum Gasteiger partial charge on any atom is -0.383 e. The third-order valence-electron chi connectivity index (χ3n) is 2.57. The lowest BCUT2D eigenvalue weighted by Gasteiger charge is -2.34. The van der Waals surface area contributed by atoms with E-state index in [1.807, 2.05) is 11.8 Å². The monoisotopic (exact) mass is 285 g/mol. The zero-order valence-electron chi connectivity index (χ0n) is 8.77. The Labute approximate surface area is 101 Å². The van der Waals surface area contributed by atoms with Crippen LogP contribution in [0.2, 0.25) is 0 Å². The lowest BCUT2D eigenvalue weighted by atomic mass is 10.2. The Balaban J connectivity index is 2.36. The molecule has 1 amide bonds. The van der Waals surface area contributed by atoms with Crippen molar-refractivity contribution in [3.05, 3.63) is 10.8 Å². The summed E-state index contributed by atoms with van der Waals surface area (Å²) in [4.78, 5) is 21.5. The maximum Gasteiger partial charge on any atom is 0.242 e. The zero-order chi connectivity index (χ0) is 11.7. The van der Waals surface area contributed by atoms with E-state index >= 15 is 0 Å². The van der Waals surface area contributed by atoms with Crippen LogP contribution in [-0.2, 0) is 4.79 Å². The van der Waals surface area contributed by atoms with Gasteiger partial charge in [-0.15, -0.1) is 0 Å². The maximum atomic E-state index is 11.5. The molecule has 1 aromatic heterocycles. The molecule has 1 saturated heterocycles. The van der Waals surface area contributed by atoms with E-state index in [2.05, 4.69) is 31.2 Å². The van der Waals surface area contributed by atoms with Crippen molar-refractivity contribution in [3.8, 4) is 0 Å². The molecule has 6 nitrogen and oxygen atoms in total. The normalized spacial score (nSPS) is 20.8. The number of aromatic nitrogens is 2. The van der Waals surface area contributed by atoms with Crippen molar-refractivity contribution in [2.45, 2.75) is 13.0 Å². The summed E-state index contributed by atoms with van der Waals surface area (Å²) in [5, 5.41) is 2.80. The average Bonchev–Trinajstić information content (AvgIpc) is 2.27. The molecular weight excluding hydrogens is 274 g/mol. The molecule has 0 aromatic carbocycles. The first-order valence-electron chi connectivity index (χ1n) is 4.91.